The van der Waals surface area contributed by atoms with Crippen LogP contribution in [-0.4, -0.2) is 16.8 Å². The molecule has 2 N–H and O–H groups in total. The van der Waals surface area contributed by atoms with Gasteiger partial charge in [-0.05, 0) is 46.9 Å². The number of amidine groups is 1. The van der Waals surface area contributed by atoms with E-state index in [1.54, 1.807) is 36.7 Å². The molecule has 5 nitrogen and oxygen atoms in total. The van der Waals surface area contributed by atoms with Crippen molar-refractivity contribution in [3.05, 3.63) is 63.5 Å². The molecule has 1 aromatic carbocycles. The fraction of sp³-hybridized carbons (Fsp3) is 0. The summed E-state index contributed by atoms with van der Waals surface area (Å²) in [6, 6.07) is 10.5. The number of carbonyl (C=O) groups is 1. The number of pyridine rings is 1. The Balaban J connectivity index is 2.11. The molecular formula is C13H10IN3O2. The predicted octanol–water partition coefficient (Wildman–Crippen LogP) is 2.16. The summed E-state index contributed by atoms with van der Waals surface area (Å²) in [4.78, 5) is 20.5. The number of benzene rings is 1. The van der Waals surface area contributed by atoms with E-state index < -0.39 is 5.97 Å². The Morgan fingerprint density at radius 1 is 1.26 bits per heavy atom. The largest absolute Gasteiger partial charge is 0.380 e. The van der Waals surface area contributed by atoms with Crippen molar-refractivity contribution in [3.8, 4) is 0 Å². The fourth-order valence-electron chi connectivity index (χ4n) is 1.33. The van der Waals surface area contributed by atoms with E-state index in [2.05, 4.69) is 32.7 Å². The lowest BCUT2D eigenvalue weighted by molar-refractivity contribution is 0.0515. The van der Waals surface area contributed by atoms with Gasteiger partial charge in [-0.25, -0.2) is 4.79 Å². The summed E-state index contributed by atoms with van der Waals surface area (Å²) in [6.45, 7) is 0. The molecule has 0 saturated carbocycles. The first-order valence-electron chi connectivity index (χ1n) is 5.38. The smallest absolute Gasteiger partial charge is 0.366 e. The number of hydrogen-bond donors (Lipinski definition) is 1. The minimum atomic E-state index is -0.545. The van der Waals surface area contributed by atoms with Gasteiger partial charge in [-0.3, -0.25) is 4.98 Å². The molecule has 0 radical (unpaired) electrons. The second-order valence-corrected chi connectivity index (χ2v) is 4.74. The first-order chi connectivity index (χ1) is 9.18. The van der Waals surface area contributed by atoms with Crippen LogP contribution in [0, 0.1) is 3.57 Å². The monoisotopic (exact) mass is 367 g/mol. The first-order valence-corrected chi connectivity index (χ1v) is 6.46. The van der Waals surface area contributed by atoms with Gasteiger partial charge in [-0.1, -0.05) is 17.3 Å². The van der Waals surface area contributed by atoms with Crippen molar-refractivity contribution in [2.45, 2.75) is 0 Å². The number of aromatic nitrogens is 1. The molecule has 0 saturated heterocycles. The second kappa shape index (κ2) is 6.28. The summed E-state index contributed by atoms with van der Waals surface area (Å²) in [5.41, 5.74) is 6.74. The van der Waals surface area contributed by atoms with E-state index >= 15 is 0 Å². The van der Waals surface area contributed by atoms with Gasteiger partial charge in [0, 0.05) is 21.5 Å². The molecule has 0 amide bonds. The Kier molecular flexibility index (Phi) is 4.45. The number of carbonyl (C=O) groups excluding carboxylic acids is 1. The topological polar surface area (TPSA) is 77.6 Å². The van der Waals surface area contributed by atoms with Crippen LogP contribution in [0.2, 0.25) is 0 Å². The van der Waals surface area contributed by atoms with Crippen LogP contribution in [0.3, 0.4) is 0 Å². The fourth-order valence-corrected chi connectivity index (χ4v) is 1.94. The van der Waals surface area contributed by atoms with Gasteiger partial charge in [0.05, 0.1) is 5.56 Å². The summed E-state index contributed by atoms with van der Waals surface area (Å²) >= 11 is 2.05. The van der Waals surface area contributed by atoms with Crippen molar-refractivity contribution in [1.29, 1.82) is 0 Å². The van der Waals surface area contributed by atoms with Crippen molar-refractivity contribution < 1.29 is 9.63 Å². The molecule has 2 aromatic rings. The number of rotatable bonds is 3. The highest BCUT2D eigenvalue weighted by Gasteiger charge is 2.11. The Morgan fingerprint density at radius 2 is 2.05 bits per heavy atom. The van der Waals surface area contributed by atoms with Crippen LogP contribution in [0.15, 0.2) is 53.9 Å². The van der Waals surface area contributed by atoms with Crippen molar-refractivity contribution in [3.63, 3.8) is 0 Å². The summed E-state index contributed by atoms with van der Waals surface area (Å²) < 4.78 is 0.792. The zero-order valence-electron chi connectivity index (χ0n) is 9.79. The molecule has 0 atom stereocenters. The zero-order valence-corrected chi connectivity index (χ0v) is 11.9. The third-order valence-electron chi connectivity index (χ3n) is 2.28. The van der Waals surface area contributed by atoms with E-state index in [0.29, 0.717) is 11.1 Å². The number of oxime groups is 1. The lowest BCUT2D eigenvalue weighted by atomic mass is 10.2. The standard InChI is InChI=1S/C13H10IN3O2/c14-11-6-2-1-5-10(11)13(18)19-17-12(15)9-4-3-7-16-8-9/h1-8H,(H2,15,17). The lowest BCUT2D eigenvalue weighted by Gasteiger charge is -2.02. The van der Waals surface area contributed by atoms with Crippen LogP contribution in [-0.2, 0) is 4.84 Å². The number of halogens is 1. The van der Waals surface area contributed by atoms with Gasteiger partial charge < -0.3 is 10.6 Å². The van der Waals surface area contributed by atoms with Crippen LogP contribution in [0.1, 0.15) is 15.9 Å². The van der Waals surface area contributed by atoms with Gasteiger partial charge in [0.15, 0.2) is 5.84 Å². The molecule has 0 fully saturated rings. The van der Waals surface area contributed by atoms with Crippen molar-refractivity contribution in [1.82, 2.24) is 4.98 Å². The highest BCUT2D eigenvalue weighted by Crippen LogP contribution is 2.12. The maximum absolute atomic E-state index is 11.8. The SMILES string of the molecule is NC(=NOC(=O)c1ccccc1I)c1cccnc1. The molecule has 0 unspecified atom stereocenters. The van der Waals surface area contributed by atoms with E-state index in [9.17, 15) is 4.79 Å². The van der Waals surface area contributed by atoms with Crippen LogP contribution >= 0.6 is 22.6 Å². The predicted molar refractivity (Wildman–Crippen MR) is 79.5 cm³/mol. The van der Waals surface area contributed by atoms with E-state index in [1.165, 1.54) is 0 Å². The molecule has 0 bridgehead atoms. The average molecular weight is 367 g/mol. The Bertz CT molecular complexity index is 614. The first kappa shape index (κ1) is 13.5. The van der Waals surface area contributed by atoms with Crippen molar-refractivity contribution >= 4 is 34.4 Å². The van der Waals surface area contributed by atoms with Crippen LogP contribution in [0.25, 0.3) is 0 Å². The second-order valence-electron chi connectivity index (χ2n) is 3.58. The number of hydrogen-bond acceptors (Lipinski definition) is 4. The molecule has 19 heavy (non-hydrogen) atoms. The maximum atomic E-state index is 11.8. The molecule has 96 valence electrons. The molecule has 0 aliphatic heterocycles. The molecule has 6 heteroatoms. The van der Waals surface area contributed by atoms with E-state index in [4.69, 9.17) is 10.6 Å². The van der Waals surface area contributed by atoms with Gasteiger partial charge in [0.1, 0.15) is 0 Å². The molecule has 0 aliphatic carbocycles. The van der Waals surface area contributed by atoms with E-state index in [-0.39, 0.29) is 5.84 Å². The molecule has 1 heterocycles. The molecule has 0 aliphatic rings. The van der Waals surface area contributed by atoms with Gasteiger partial charge >= 0.3 is 5.97 Å². The summed E-state index contributed by atoms with van der Waals surface area (Å²) in [5.74, 6) is -0.441. The molecule has 1 aromatic heterocycles. The third-order valence-corrected chi connectivity index (χ3v) is 3.22. The number of nitrogens with zero attached hydrogens (tertiary/aromatic N) is 2. The average Bonchev–Trinajstić information content (AvgIpc) is 2.46. The highest BCUT2D eigenvalue weighted by atomic mass is 127. The zero-order chi connectivity index (χ0) is 13.7. The van der Waals surface area contributed by atoms with Gasteiger partial charge in [-0.15, -0.1) is 0 Å². The highest BCUT2D eigenvalue weighted by molar-refractivity contribution is 14.1. The molecular weight excluding hydrogens is 357 g/mol. The Morgan fingerprint density at radius 3 is 2.74 bits per heavy atom. The number of nitrogens with two attached hydrogens (primary N) is 1. The lowest BCUT2D eigenvalue weighted by Crippen LogP contribution is -2.15. The third kappa shape index (κ3) is 3.50. The Labute approximate surface area is 123 Å². The normalized spacial score (nSPS) is 11.1. The van der Waals surface area contributed by atoms with Crippen LogP contribution in [0.4, 0.5) is 0 Å². The summed E-state index contributed by atoms with van der Waals surface area (Å²) in [6.07, 6.45) is 3.16. The minimum Gasteiger partial charge on any atom is -0.380 e. The van der Waals surface area contributed by atoms with Crippen LogP contribution < -0.4 is 5.73 Å². The van der Waals surface area contributed by atoms with Crippen molar-refractivity contribution in [2.24, 2.45) is 10.9 Å². The molecule has 0 spiro atoms. The van der Waals surface area contributed by atoms with Crippen LogP contribution in [0.5, 0.6) is 0 Å². The Hall–Kier alpha value is -1.96. The minimum absolute atomic E-state index is 0.104. The molecule has 2 rings (SSSR count). The summed E-state index contributed by atoms with van der Waals surface area (Å²) in [7, 11) is 0. The summed E-state index contributed by atoms with van der Waals surface area (Å²) in [5, 5.41) is 3.61. The van der Waals surface area contributed by atoms with E-state index in [0.717, 1.165) is 3.57 Å². The van der Waals surface area contributed by atoms with Gasteiger partial charge in [0.25, 0.3) is 0 Å². The quantitative estimate of drug-likeness (QED) is 0.297. The van der Waals surface area contributed by atoms with Gasteiger partial charge in [-0.2, -0.15) is 0 Å². The van der Waals surface area contributed by atoms with Crippen molar-refractivity contribution in [2.75, 3.05) is 0 Å². The van der Waals surface area contributed by atoms with Gasteiger partial charge in [0.2, 0.25) is 0 Å². The van der Waals surface area contributed by atoms with E-state index in [1.807, 2.05) is 12.1 Å². The maximum Gasteiger partial charge on any atom is 0.366 e.